The standard InChI is InChI=1S/C19H18O5S/c1-3-23-17-10-19-18(24-11-25-19)9-13(17)14(20)6-4-12-5-7-16(22-2)15(21)8-12/h4-10,21H,3,11H2,1-2H3. The van der Waals surface area contributed by atoms with E-state index in [0.29, 0.717) is 40.9 Å². The second-order valence-electron chi connectivity index (χ2n) is 5.26. The van der Waals surface area contributed by atoms with E-state index in [0.717, 1.165) is 4.90 Å². The molecular formula is C19H18O5S. The molecule has 0 amide bonds. The number of carbonyl (C=O) groups excluding carboxylic acids is 1. The normalized spacial score (nSPS) is 12.7. The van der Waals surface area contributed by atoms with Gasteiger partial charge in [0.2, 0.25) is 0 Å². The monoisotopic (exact) mass is 358 g/mol. The SMILES string of the molecule is CCOc1cc2c(cc1C(=O)C=Cc1ccc(OC)c(O)c1)OCS2. The van der Waals surface area contributed by atoms with Crippen molar-refractivity contribution in [3.63, 3.8) is 0 Å². The van der Waals surface area contributed by atoms with Crippen molar-refractivity contribution in [1.82, 2.24) is 0 Å². The lowest BCUT2D eigenvalue weighted by Crippen LogP contribution is -2.02. The molecule has 1 aliphatic heterocycles. The first kappa shape index (κ1) is 17.2. The van der Waals surface area contributed by atoms with E-state index >= 15 is 0 Å². The lowest BCUT2D eigenvalue weighted by molar-refractivity contribution is 0.104. The molecule has 1 heterocycles. The fraction of sp³-hybridized carbons (Fsp3) is 0.211. The van der Waals surface area contributed by atoms with Gasteiger partial charge in [-0.2, -0.15) is 0 Å². The molecule has 2 aromatic rings. The second-order valence-corrected chi connectivity index (χ2v) is 6.23. The molecule has 0 fully saturated rings. The molecule has 0 saturated carbocycles. The van der Waals surface area contributed by atoms with Gasteiger partial charge in [-0.25, -0.2) is 0 Å². The van der Waals surface area contributed by atoms with Gasteiger partial charge in [-0.05, 0) is 42.8 Å². The number of methoxy groups -OCH3 is 1. The Morgan fingerprint density at radius 1 is 1.32 bits per heavy atom. The van der Waals surface area contributed by atoms with Gasteiger partial charge in [-0.3, -0.25) is 4.79 Å². The summed E-state index contributed by atoms with van der Waals surface area (Å²) < 4.78 is 16.1. The first-order chi connectivity index (χ1) is 12.1. The van der Waals surface area contributed by atoms with E-state index in [-0.39, 0.29) is 11.5 Å². The summed E-state index contributed by atoms with van der Waals surface area (Å²) in [5.41, 5.74) is 1.15. The van der Waals surface area contributed by atoms with Crippen LogP contribution in [-0.4, -0.2) is 30.5 Å². The van der Waals surface area contributed by atoms with Gasteiger partial charge in [-0.1, -0.05) is 23.9 Å². The first-order valence-electron chi connectivity index (χ1n) is 7.78. The van der Waals surface area contributed by atoms with Crippen LogP contribution in [0.1, 0.15) is 22.8 Å². The highest BCUT2D eigenvalue weighted by molar-refractivity contribution is 7.99. The highest BCUT2D eigenvalue weighted by Crippen LogP contribution is 2.41. The Balaban J connectivity index is 1.86. The Hall–Kier alpha value is -2.60. The summed E-state index contributed by atoms with van der Waals surface area (Å²) in [7, 11) is 1.48. The maximum absolute atomic E-state index is 12.6. The molecule has 3 rings (SSSR count). The van der Waals surface area contributed by atoms with Gasteiger partial charge in [0.05, 0.1) is 24.2 Å². The zero-order valence-corrected chi connectivity index (χ0v) is 14.8. The lowest BCUT2D eigenvalue weighted by Gasteiger charge is -2.10. The predicted octanol–water partition coefficient (Wildman–Crippen LogP) is 4.14. The van der Waals surface area contributed by atoms with Crippen LogP contribution in [0.15, 0.2) is 41.3 Å². The van der Waals surface area contributed by atoms with E-state index in [9.17, 15) is 9.90 Å². The minimum atomic E-state index is -0.193. The highest BCUT2D eigenvalue weighted by Gasteiger charge is 2.20. The van der Waals surface area contributed by atoms with Crippen molar-refractivity contribution in [2.45, 2.75) is 11.8 Å². The number of hydrogen-bond acceptors (Lipinski definition) is 6. The van der Waals surface area contributed by atoms with Gasteiger partial charge in [0.25, 0.3) is 0 Å². The molecule has 6 heteroatoms. The molecule has 5 nitrogen and oxygen atoms in total. The number of carbonyl (C=O) groups is 1. The van der Waals surface area contributed by atoms with Gasteiger partial charge in [0, 0.05) is 0 Å². The third kappa shape index (κ3) is 3.74. The van der Waals surface area contributed by atoms with E-state index in [1.807, 2.05) is 13.0 Å². The second kappa shape index (κ2) is 7.53. The van der Waals surface area contributed by atoms with Crippen molar-refractivity contribution >= 4 is 23.6 Å². The number of ether oxygens (including phenoxy) is 3. The van der Waals surface area contributed by atoms with Gasteiger partial charge in [-0.15, -0.1) is 0 Å². The molecule has 25 heavy (non-hydrogen) atoms. The maximum Gasteiger partial charge on any atom is 0.189 e. The molecule has 0 atom stereocenters. The third-order valence-electron chi connectivity index (χ3n) is 3.67. The quantitative estimate of drug-likeness (QED) is 0.618. The van der Waals surface area contributed by atoms with Crippen LogP contribution >= 0.6 is 11.8 Å². The Kier molecular flexibility index (Phi) is 5.19. The molecule has 0 aliphatic carbocycles. The van der Waals surface area contributed by atoms with Crippen LogP contribution < -0.4 is 14.2 Å². The number of phenols is 1. The van der Waals surface area contributed by atoms with Crippen LogP contribution in [0.25, 0.3) is 6.08 Å². The lowest BCUT2D eigenvalue weighted by atomic mass is 10.1. The Morgan fingerprint density at radius 3 is 2.88 bits per heavy atom. The Bertz CT molecular complexity index is 829. The molecule has 0 bridgehead atoms. The average Bonchev–Trinajstić information content (AvgIpc) is 3.06. The molecular weight excluding hydrogens is 340 g/mol. The first-order valence-corrected chi connectivity index (χ1v) is 8.76. The molecule has 0 spiro atoms. The van der Waals surface area contributed by atoms with Crippen molar-refractivity contribution < 1.29 is 24.1 Å². The molecule has 1 N–H and O–H groups in total. The number of hydrogen-bond donors (Lipinski definition) is 1. The maximum atomic E-state index is 12.6. The van der Waals surface area contributed by atoms with Crippen molar-refractivity contribution in [3.8, 4) is 23.0 Å². The van der Waals surface area contributed by atoms with E-state index in [2.05, 4.69) is 0 Å². The topological polar surface area (TPSA) is 65.0 Å². The summed E-state index contributed by atoms with van der Waals surface area (Å²) in [5, 5.41) is 9.81. The van der Waals surface area contributed by atoms with E-state index in [4.69, 9.17) is 14.2 Å². The highest BCUT2D eigenvalue weighted by atomic mass is 32.2. The van der Waals surface area contributed by atoms with Crippen LogP contribution in [0, 0.1) is 0 Å². The molecule has 0 unspecified atom stereocenters. The van der Waals surface area contributed by atoms with Crippen LogP contribution in [0.3, 0.4) is 0 Å². The van der Waals surface area contributed by atoms with Crippen molar-refractivity contribution in [1.29, 1.82) is 0 Å². The van der Waals surface area contributed by atoms with Crippen LogP contribution in [0.4, 0.5) is 0 Å². The van der Waals surface area contributed by atoms with Gasteiger partial charge >= 0.3 is 0 Å². The van der Waals surface area contributed by atoms with E-state index < -0.39 is 0 Å². The molecule has 1 aliphatic rings. The number of fused-ring (bicyclic) bond motifs is 1. The summed E-state index contributed by atoms with van der Waals surface area (Å²) in [5.74, 6) is 2.01. The Labute approximate surface area is 150 Å². The molecule has 2 aromatic carbocycles. The summed E-state index contributed by atoms with van der Waals surface area (Å²) in [6, 6.07) is 8.50. The zero-order valence-electron chi connectivity index (χ0n) is 13.9. The number of benzene rings is 2. The fourth-order valence-corrected chi connectivity index (χ4v) is 3.23. The molecule has 0 radical (unpaired) electrons. The number of allylic oxidation sites excluding steroid dienone is 1. The summed E-state index contributed by atoms with van der Waals surface area (Å²) in [4.78, 5) is 13.6. The summed E-state index contributed by atoms with van der Waals surface area (Å²) in [6.45, 7) is 2.35. The summed E-state index contributed by atoms with van der Waals surface area (Å²) >= 11 is 1.57. The molecule has 0 saturated heterocycles. The minimum absolute atomic E-state index is 0.0232. The number of phenolic OH excluding ortho intramolecular Hbond substituents is 1. The molecule has 130 valence electrons. The molecule has 0 aromatic heterocycles. The number of thioether (sulfide) groups is 1. The van der Waals surface area contributed by atoms with E-state index in [1.54, 1.807) is 36.0 Å². The fourth-order valence-electron chi connectivity index (χ4n) is 2.46. The van der Waals surface area contributed by atoms with Gasteiger partial charge in [0.15, 0.2) is 17.3 Å². The van der Waals surface area contributed by atoms with Crippen LogP contribution in [-0.2, 0) is 0 Å². The van der Waals surface area contributed by atoms with Crippen LogP contribution in [0.2, 0.25) is 0 Å². The largest absolute Gasteiger partial charge is 0.504 e. The van der Waals surface area contributed by atoms with E-state index in [1.165, 1.54) is 19.3 Å². The van der Waals surface area contributed by atoms with Crippen LogP contribution in [0.5, 0.6) is 23.0 Å². The number of aromatic hydroxyl groups is 1. The zero-order chi connectivity index (χ0) is 17.8. The number of ketones is 1. The van der Waals surface area contributed by atoms with Gasteiger partial charge in [0.1, 0.15) is 17.4 Å². The van der Waals surface area contributed by atoms with Crippen molar-refractivity contribution in [3.05, 3.63) is 47.5 Å². The minimum Gasteiger partial charge on any atom is -0.504 e. The number of rotatable bonds is 6. The predicted molar refractivity (Wildman–Crippen MR) is 97.0 cm³/mol. The van der Waals surface area contributed by atoms with Gasteiger partial charge < -0.3 is 19.3 Å². The van der Waals surface area contributed by atoms with Crippen molar-refractivity contribution in [2.75, 3.05) is 19.7 Å². The Morgan fingerprint density at radius 2 is 2.16 bits per heavy atom. The van der Waals surface area contributed by atoms with Crippen molar-refractivity contribution in [2.24, 2.45) is 0 Å². The third-order valence-corrected chi connectivity index (χ3v) is 4.54. The smallest absolute Gasteiger partial charge is 0.189 e. The average molecular weight is 358 g/mol. The summed E-state index contributed by atoms with van der Waals surface area (Å²) in [6.07, 6.45) is 3.09.